The van der Waals surface area contributed by atoms with Crippen LogP contribution in [-0.4, -0.2) is 27.3 Å². The highest BCUT2D eigenvalue weighted by molar-refractivity contribution is 7.99. The van der Waals surface area contributed by atoms with Gasteiger partial charge in [-0.05, 0) is 26.8 Å². The Morgan fingerprint density at radius 2 is 1.85 bits per heavy atom. The predicted octanol–water partition coefficient (Wildman–Crippen LogP) is 2.72. The summed E-state index contributed by atoms with van der Waals surface area (Å²) < 4.78 is 0. The molecule has 0 bridgehead atoms. The van der Waals surface area contributed by atoms with Crippen LogP contribution in [0.1, 0.15) is 39.1 Å². The first kappa shape index (κ1) is 16.6. The van der Waals surface area contributed by atoms with Crippen molar-refractivity contribution >= 4 is 23.4 Å². The summed E-state index contributed by atoms with van der Waals surface area (Å²) in [7, 11) is 0. The lowest BCUT2D eigenvalue weighted by atomic mass is 9.91. The molecule has 0 spiro atoms. The highest BCUT2D eigenvalue weighted by Crippen LogP contribution is 2.15. The zero-order valence-corrected chi connectivity index (χ0v) is 13.8. The van der Waals surface area contributed by atoms with Crippen molar-refractivity contribution in [2.24, 2.45) is 10.5 Å². The van der Waals surface area contributed by atoms with Gasteiger partial charge < -0.3 is 0 Å². The van der Waals surface area contributed by atoms with Crippen molar-refractivity contribution in [1.82, 2.24) is 15.4 Å². The number of aromatic nitrogens is 2. The topological polar surface area (TPSA) is 67.2 Å². The third kappa shape index (κ3) is 5.69. The largest absolute Gasteiger partial charge is 0.272 e. The first-order valence-corrected chi connectivity index (χ1v) is 7.46. The van der Waals surface area contributed by atoms with Crippen LogP contribution in [0.3, 0.4) is 0 Å². The van der Waals surface area contributed by atoms with E-state index in [1.54, 1.807) is 0 Å². The van der Waals surface area contributed by atoms with Gasteiger partial charge in [0.25, 0.3) is 5.91 Å². The SMILES string of the molecule is C/C(=N/NC(=O)CSc1nc(C)cc(C)n1)C(C)(C)C. The molecular formula is C14H22N4OS. The molecule has 1 N–H and O–H groups in total. The Hall–Kier alpha value is -1.43. The molecule has 0 aliphatic rings. The molecule has 0 aliphatic carbocycles. The van der Waals surface area contributed by atoms with Gasteiger partial charge in [0.05, 0.1) is 5.75 Å². The van der Waals surface area contributed by atoms with Crippen LogP contribution in [-0.2, 0) is 4.79 Å². The highest BCUT2D eigenvalue weighted by atomic mass is 32.2. The number of amides is 1. The summed E-state index contributed by atoms with van der Waals surface area (Å²) in [5, 5.41) is 4.73. The molecule has 0 unspecified atom stereocenters. The minimum absolute atomic E-state index is 0.0445. The van der Waals surface area contributed by atoms with Gasteiger partial charge in [-0.1, -0.05) is 32.5 Å². The number of nitrogens with one attached hydrogen (secondary N) is 1. The number of thioether (sulfide) groups is 1. The number of hydrazone groups is 1. The van der Waals surface area contributed by atoms with Gasteiger partial charge in [0.15, 0.2) is 5.16 Å². The zero-order chi connectivity index (χ0) is 15.3. The van der Waals surface area contributed by atoms with Crippen LogP contribution in [0.25, 0.3) is 0 Å². The normalized spacial score (nSPS) is 12.4. The summed E-state index contributed by atoms with van der Waals surface area (Å²) in [6.07, 6.45) is 0. The second-order valence-corrected chi connectivity index (χ2v) is 6.65. The number of carbonyl (C=O) groups excluding carboxylic acids is 1. The number of hydrogen-bond acceptors (Lipinski definition) is 5. The molecule has 1 heterocycles. The maximum Gasteiger partial charge on any atom is 0.250 e. The lowest BCUT2D eigenvalue weighted by molar-refractivity contribution is -0.118. The molecule has 110 valence electrons. The van der Waals surface area contributed by atoms with Crippen LogP contribution >= 0.6 is 11.8 Å². The summed E-state index contributed by atoms with van der Waals surface area (Å²) in [5.41, 5.74) is 5.21. The van der Waals surface area contributed by atoms with Gasteiger partial charge in [-0.2, -0.15) is 5.10 Å². The molecular weight excluding hydrogens is 272 g/mol. The van der Waals surface area contributed by atoms with Crippen LogP contribution in [0.2, 0.25) is 0 Å². The molecule has 0 radical (unpaired) electrons. The van der Waals surface area contributed by atoms with Gasteiger partial charge in [0.1, 0.15) is 0 Å². The minimum Gasteiger partial charge on any atom is -0.272 e. The second-order valence-electron chi connectivity index (χ2n) is 5.70. The fraction of sp³-hybridized carbons (Fsp3) is 0.571. The van der Waals surface area contributed by atoms with Crippen molar-refractivity contribution in [3.8, 4) is 0 Å². The van der Waals surface area contributed by atoms with E-state index in [1.165, 1.54) is 11.8 Å². The van der Waals surface area contributed by atoms with Crippen LogP contribution < -0.4 is 5.43 Å². The Bertz CT molecular complexity index is 500. The number of nitrogens with zero attached hydrogens (tertiary/aromatic N) is 3. The van der Waals surface area contributed by atoms with Crippen LogP contribution in [0.5, 0.6) is 0 Å². The average Bonchev–Trinajstić information content (AvgIpc) is 2.31. The van der Waals surface area contributed by atoms with Gasteiger partial charge in [0.2, 0.25) is 0 Å². The standard InChI is InChI=1S/C14H22N4OS/c1-9-7-10(2)16-13(15-9)20-8-12(19)18-17-11(3)14(4,5)6/h7H,8H2,1-6H3,(H,18,19)/b17-11-. The zero-order valence-electron chi connectivity index (χ0n) is 12.9. The first-order valence-electron chi connectivity index (χ1n) is 6.47. The van der Waals surface area contributed by atoms with E-state index in [0.717, 1.165) is 17.1 Å². The van der Waals surface area contributed by atoms with Gasteiger partial charge in [-0.25, -0.2) is 15.4 Å². The average molecular weight is 294 g/mol. The van der Waals surface area contributed by atoms with E-state index < -0.39 is 0 Å². The van der Waals surface area contributed by atoms with Crippen molar-refractivity contribution in [3.05, 3.63) is 17.5 Å². The molecule has 1 aromatic rings. The van der Waals surface area contributed by atoms with E-state index in [1.807, 2.05) is 26.8 Å². The molecule has 1 rings (SSSR count). The van der Waals surface area contributed by atoms with Crippen LogP contribution in [0, 0.1) is 19.3 Å². The summed E-state index contributed by atoms with van der Waals surface area (Å²) in [5.74, 6) is 0.102. The number of aryl methyl sites for hydroxylation is 2. The monoisotopic (exact) mass is 294 g/mol. The van der Waals surface area contributed by atoms with E-state index in [9.17, 15) is 4.79 Å². The molecule has 0 aromatic carbocycles. The molecule has 0 saturated carbocycles. The predicted molar refractivity (Wildman–Crippen MR) is 82.9 cm³/mol. The maximum absolute atomic E-state index is 11.7. The maximum atomic E-state index is 11.7. The van der Waals surface area contributed by atoms with Crippen LogP contribution in [0.4, 0.5) is 0 Å². The van der Waals surface area contributed by atoms with Crippen molar-refractivity contribution < 1.29 is 4.79 Å². The lowest BCUT2D eigenvalue weighted by Crippen LogP contribution is -2.25. The van der Waals surface area contributed by atoms with E-state index in [4.69, 9.17) is 0 Å². The van der Waals surface area contributed by atoms with Gasteiger partial charge >= 0.3 is 0 Å². The fourth-order valence-electron chi connectivity index (χ4n) is 1.23. The van der Waals surface area contributed by atoms with Gasteiger partial charge in [0, 0.05) is 22.5 Å². The molecule has 1 amide bonds. The Kier molecular flexibility index (Phi) is 5.68. The van der Waals surface area contributed by atoms with Crippen molar-refractivity contribution in [3.63, 3.8) is 0 Å². The van der Waals surface area contributed by atoms with E-state index in [0.29, 0.717) is 5.16 Å². The molecule has 0 aliphatic heterocycles. The number of carbonyl (C=O) groups is 1. The number of rotatable bonds is 4. The van der Waals surface area contributed by atoms with Crippen LogP contribution in [0.15, 0.2) is 16.3 Å². The molecule has 1 aromatic heterocycles. The Morgan fingerprint density at radius 3 is 2.35 bits per heavy atom. The Balaban J connectivity index is 2.52. The quantitative estimate of drug-likeness (QED) is 0.401. The third-order valence-electron chi connectivity index (χ3n) is 2.73. The Morgan fingerprint density at radius 1 is 1.30 bits per heavy atom. The molecule has 5 nitrogen and oxygen atoms in total. The summed E-state index contributed by atoms with van der Waals surface area (Å²) in [6.45, 7) is 11.9. The first-order chi connectivity index (χ1) is 9.18. The van der Waals surface area contributed by atoms with E-state index >= 15 is 0 Å². The molecule has 6 heteroatoms. The summed E-state index contributed by atoms with van der Waals surface area (Å²) >= 11 is 1.31. The number of hydrogen-bond donors (Lipinski definition) is 1. The summed E-state index contributed by atoms with van der Waals surface area (Å²) in [6, 6.07) is 1.90. The minimum atomic E-state index is -0.152. The second kappa shape index (κ2) is 6.83. The summed E-state index contributed by atoms with van der Waals surface area (Å²) in [4.78, 5) is 20.3. The van der Waals surface area contributed by atoms with Gasteiger partial charge in [-0.15, -0.1) is 0 Å². The van der Waals surface area contributed by atoms with E-state index in [2.05, 4.69) is 41.3 Å². The van der Waals surface area contributed by atoms with Gasteiger partial charge in [-0.3, -0.25) is 4.79 Å². The third-order valence-corrected chi connectivity index (χ3v) is 3.58. The molecule has 0 saturated heterocycles. The smallest absolute Gasteiger partial charge is 0.250 e. The molecule has 0 atom stereocenters. The van der Waals surface area contributed by atoms with Crippen molar-refractivity contribution in [2.45, 2.75) is 46.7 Å². The molecule has 20 heavy (non-hydrogen) atoms. The fourth-order valence-corrected chi connectivity index (χ4v) is 1.98. The lowest BCUT2D eigenvalue weighted by Gasteiger charge is -2.17. The Labute approximate surface area is 124 Å². The van der Waals surface area contributed by atoms with Crippen molar-refractivity contribution in [2.75, 3.05) is 5.75 Å². The molecule has 0 fully saturated rings. The highest BCUT2D eigenvalue weighted by Gasteiger charge is 2.14. The van der Waals surface area contributed by atoms with E-state index in [-0.39, 0.29) is 17.1 Å². The van der Waals surface area contributed by atoms with Crippen molar-refractivity contribution in [1.29, 1.82) is 0 Å².